The van der Waals surface area contributed by atoms with Crippen molar-refractivity contribution in [1.82, 2.24) is 0 Å². The molecule has 3 aromatic rings. The molecule has 0 spiro atoms. The Balaban J connectivity index is 2.18. The van der Waals surface area contributed by atoms with Crippen LogP contribution in [0.15, 0.2) is 36.4 Å². The van der Waals surface area contributed by atoms with Gasteiger partial charge in [-0.1, -0.05) is 0 Å². The van der Waals surface area contributed by atoms with E-state index in [9.17, 15) is 9.59 Å². The third-order valence-electron chi connectivity index (χ3n) is 5.86. The van der Waals surface area contributed by atoms with Gasteiger partial charge in [0.25, 0.3) is 0 Å². The molecule has 3 rings (SSSR count). The first-order valence-corrected chi connectivity index (χ1v) is 11.8. The van der Waals surface area contributed by atoms with Crippen LogP contribution in [0.3, 0.4) is 0 Å². The summed E-state index contributed by atoms with van der Waals surface area (Å²) in [5.41, 5.74) is 1.74. The van der Waals surface area contributed by atoms with Gasteiger partial charge in [-0.3, -0.25) is 0 Å². The maximum Gasteiger partial charge on any atom is 0.340 e. The lowest BCUT2D eigenvalue weighted by atomic mass is 10.0. The van der Waals surface area contributed by atoms with E-state index in [-0.39, 0.29) is 22.5 Å². The first-order valence-electron chi connectivity index (χ1n) is 11.8. The van der Waals surface area contributed by atoms with E-state index in [2.05, 4.69) is 10.6 Å². The minimum atomic E-state index is -0.653. The van der Waals surface area contributed by atoms with Gasteiger partial charge in [0, 0.05) is 35.6 Å². The highest BCUT2D eigenvalue weighted by Gasteiger charge is 2.23. The van der Waals surface area contributed by atoms with Crippen LogP contribution in [0.4, 0.5) is 22.7 Å². The lowest BCUT2D eigenvalue weighted by molar-refractivity contribution is 0.0588. The minimum absolute atomic E-state index is 0.124. The maximum atomic E-state index is 12.9. The molecule has 0 aromatic heterocycles. The Bertz CT molecular complexity index is 1230. The van der Waals surface area contributed by atoms with E-state index in [4.69, 9.17) is 37.9 Å². The highest BCUT2D eigenvalue weighted by molar-refractivity contribution is 6.04. The SMILES string of the molecule is COC(=O)c1cc(Nc2cc(OC)c(OC)c(OC)c2)c(C(=O)OC)cc1Nc1cc(OC)c(OC)c(OC)c1. The minimum Gasteiger partial charge on any atom is -0.493 e. The average Bonchev–Trinajstić information content (AvgIpc) is 2.99. The van der Waals surface area contributed by atoms with E-state index in [1.54, 1.807) is 24.3 Å². The van der Waals surface area contributed by atoms with Crippen LogP contribution in [0.5, 0.6) is 34.5 Å². The molecule has 214 valence electrons. The lowest BCUT2D eigenvalue weighted by Crippen LogP contribution is -2.12. The molecule has 0 saturated heterocycles. The number of methoxy groups -OCH3 is 8. The van der Waals surface area contributed by atoms with Gasteiger partial charge >= 0.3 is 11.9 Å². The summed E-state index contributed by atoms with van der Waals surface area (Å²) in [6.07, 6.45) is 0. The average molecular weight is 557 g/mol. The molecule has 0 bridgehead atoms. The van der Waals surface area contributed by atoms with Crippen LogP contribution in [-0.2, 0) is 9.47 Å². The summed E-state index contributed by atoms with van der Waals surface area (Å²) < 4.78 is 42.5. The Morgan fingerprint density at radius 2 is 0.775 bits per heavy atom. The smallest absolute Gasteiger partial charge is 0.340 e. The van der Waals surface area contributed by atoms with Gasteiger partial charge in [-0.05, 0) is 12.1 Å². The Labute approximate surface area is 232 Å². The number of esters is 2. The zero-order valence-electron chi connectivity index (χ0n) is 23.5. The number of anilines is 4. The predicted molar refractivity (Wildman–Crippen MR) is 148 cm³/mol. The van der Waals surface area contributed by atoms with E-state index in [0.717, 1.165) is 0 Å². The number of benzene rings is 3. The fourth-order valence-electron chi connectivity index (χ4n) is 3.98. The Kier molecular flexibility index (Phi) is 9.74. The monoisotopic (exact) mass is 556 g/mol. The van der Waals surface area contributed by atoms with Crippen LogP contribution in [0.25, 0.3) is 0 Å². The molecular weight excluding hydrogens is 524 g/mol. The van der Waals surface area contributed by atoms with E-state index >= 15 is 0 Å². The van der Waals surface area contributed by atoms with Gasteiger partial charge in [-0.2, -0.15) is 0 Å². The number of carbonyl (C=O) groups excluding carboxylic acids is 2. The van der Waals surface area contributed by atoms with Gasteiger partial charge in [-0.15, -0.1) is 0 Å². The van der Waals surface area contributed by atoms with Crippen LogP contribution in [-0.4, -0.2) is 68.8 Å². The number of rotatable bonds is 12. The second-order valence-electron chi connectivity index (χ2n) is 8.00. The highest BCUT2D eigenvalue weighted by Crippen LogP contribution is 2.43. The first-order chi connectivity index (χ1) is 19.3. The zero-order chi connectivity index (χ0) is 29.4. The summed E-state index contributed by atoms with van der Waals surface area (Å²) in [4.78, 5) is 25.8. The highest BCUT2D eigenvalue weighted by atomic mass is 16.5. The maximum absolute atomic E-state index is 12.9. The summed E-state index contributed by atoms with van der Waals surface area (Å²) in [5, 5.41) is 6.28. The van der Waals surface area contributed by atoms with Gasteiger partial charge in [0.15, 0.2) is 23.0 Å². The normalized spacial score (nSPS) is 10.2. The Morgan fingerprint density at radius 1 is 0.475 bits per heavy atom. The van der Waals surface area contributed by atoms with Crippen LogP contribution in [0.1, 0.15) is 20.7 Å². The fraction of sp³-hybridized carbons (Fsp3) is 0.286. The van der Waals surface area contributed by atoms with Crippen LogP contribution < -0.4 is 39.1 Å². The van der Waals surface area contributed by atoms with E-state index in [1.807, 2.05) is 0 Å². The fourth-order valence-corrected chi connectivity index (χ4v) is 3.98. The van der Waals surface area contributed by atoms with Gasteiger partial charge in [0.2, 0.25) is 11.5 Å². The molecule has 0 aliphatic carbocycles. The van der Waals surface area contributed by atoms with E-state index < -0.39 is 11.9 Å². The molecule has 0 atom stereocenters. The van der Waals surface area contributed by atoms with E-state index in [1.165, 1.54) is 69.0 Å². The molecule has 40 heavy (non-hydrogen) atoms. The molecule has 0 amide bonds. The molecule has 12 heteroatoms. The lowest BCUT2D eigenvalue weighted by Gasteiger charge is -2.19. The third kappa shape index (κ3) is 6.01. The topological polar surface area (TPSA) is 132 Å². The molecular formula is C28H32N2O10. The molecule has 0 aliphatic rings. The molecule has 12 nitrogen and oxygen atoms in total. The summed E-state index contributed by atoms with van der Waals surface area (Å²) in [7, 11) is 11.4. The molecule has 0 fully saturated rings. The van der Waals surface area contributed by atoms with Crippen LogP contribution in [0.2, 0.25) is 0 Å². The summed E-state index contributed by atoms with van der Waals surface area (Å²) in [6.45, 7) is 0. The van der Waals surface area contributed by atoms with Gasteiger partial charge in [0.1, 0.15) is 0 Å². The van der Waals surface area contributed by atoms with Gasteiger partial charge < -0.3 is 48.5 Å². The molecule has 0 radical (unpaired) electrons. The first kappa shape index (κ1) is 29.6. The van der Waals surface area contributed by atoms with Crippen molar-refractivity contribution in [2.45, 2.75) is 0 Å². The van der Waals surface area contributed by atoms with Crippen molar-refractivity contribution in [2.24, 2.45) is 0 Å². The summed E-state index contributed by atoms with van der Waals surface area (Å²) in [5.74, 6) is 1.03. The van der Waals surface area contributed by atoms with Crippen molar-refractivity contribution >= 4 is 34.7 Å². The standard InChI is InChI=1S/C28H32N2O10/c1-33-21-9-15(10-22(34-2)25(21)37-5)29-19-13-18(28(32)40-8)20(14-17(19)27(31)39-7)30-16-11-23(35-3)26(38-6)24(12-16)36-4/h9-14,29-30H,1-8H3. The van der Waals surface area contributed by atoms with Crippen LogP contribution in [0, 0.1) is 0 Å². The van der Waals surface area contributed by atoms with Crippen molar-refractivity contribution in [3.8, 4) is 34.5 Å². The van der Waals surface area contributed by atoms with Crippen molar-refractivity contribution in [1.29, 1.82) is 0 Å². The van der Waals surface area contributed by atoms with Crippen molar-refractivity contribution in [3.63, 3.8) is 0 Å². The van der Waals surface area contributed by atoms with Gasteiger partial charge in [-0.25, -0.2) is 9.59 Å². The van der Waals surface area contributed by atoms with Crippen LogP contribution >= 0.6 is 0 Å². The number of hydrogen-bond donors (Lipinski definition) is 2. The van der Waals surface area contributed by atoms with Crippen molar-refractivity contribution in [2.75, 3.05) is 67.5 Å². The second kappa shape index (κ2) is 13.2. The second-order valence-corrected chi connectivity index (χ2v) is 8.00. The summed E-state index contributed by atoms with van der Waals surface area (Å²) in [6, 6.07) is 9.57. The molecule has 2 N–H and O–H groups in total. The third-order valence-corrected chi connectivity index (χ3v) is 5.86. The predicted octanol–water partition coefficient (Wildman–Crippen LogP) is 4.80. The molecule has 0 saturated carbocycles. The Hall–Kier alpha value is -5.00. The zero-order valence-corrected chi connectivity index (χ0v) is 23.5. The Morgan fingerprint density at radius 3 is 1.00 bits per heavy atom. The molecule has 3 aromatic carbocycles. The number of carbonyl (C=O) groups is 2. The van der Waals surface area contributed by atoms with Gasteiger partial charge in [0.05, 0.1) is 79.4 Å². The number of nitrogens with one attached hydrogen (secondary N) is 2. The molecule has 0 aliphatic heterocycles. The summed E-state index contributed by atoms with van der Waals surface area (Å²) >= 11 is 0. The van der Waals surface area contributed by atoms with Crippen molar-refractivity contribution < 1.29 is 47.5 Å². The molecule has 0 unspecified atom stereocenters. The molecule has 0 heterocycles. The quantitative estimate of drug-likeness (QED) is 0.297. The number of hydrogen-bond acceptors (Lipinski definition) is 12. The largest absolute Gasteiger partial charge is 0.493 e. The van der Waals surface area contributed by atoms with Crippen molar-refractivity contribution in [3.05, 3.63) is 47.5 Å². The number of ether oxygens (including phenoxy) is 8. The van der Waals surface area contributed by atoms with E-state index in [0.29, 0.717) is 45.9 Å².